The smallest absolute Gasteiger partial charge is 0.510 e. The molecule has 0 saturated heterocycles. The van der Waals surface area contributed by atoms with Crippen LogP contribution in [0.4, 0.5) is 0 Å². The van der Waals surface area contributed by atoms with Gasteiger partial charge >= 0.3 is 23.1 Å². The summed E-state index contributed by atoms with van der Waals surface area (Å²) in [6, 6.07) is 6.57. The van der Waals surface area contributed by atoms with Crippen molar-refractivity contribution in [2.75, 3.05) is 0 Å². The third-order valence-electron chi connectivity index (χ3n) is 6.13. The van der Waals surface area contributed by atoms with Crippen molar-refractivity contribution in [1.29, 1.82) is 0 Å². The van der Waals surface area contributed by atoms with E-state index in [1.807, 2.05) is 83.1 Å². The molecular formula is C30H48MgO8P2. The van der Waals surface area contributed by atoms with E-state index in [0.29, 0.717) is 33.4 Å². The summed E-state index contributed by atoms with van der Waals surface area (Å²) >= 11 is 0. The fraction of sp³-hybridized carbons (Fsp3) is 0.533. The van der Waals surface area contributed by atoms with Crippen LogP contribution in [0.15, 0.2) is 24.3 Å². The van der Waals surface area contributed by atoms with E-state index >= 15 is 0 Å². The molecule has 41 heavy (non-hydrogen) atoms. The standard InChI is InChI=1S/2C15H24O4P.Mg/c2*1-14(2,3)11-7-10(9-20(17,18)19)8-12(13(11)16)15(4,5)6;/h2*7-9,16H,1-6H3,(H2,17,18,19);/q2*-1;+2. The van der Waals surface area contributed by atoms with Gasteiger partial charge in [0.2, 0.25) is 0 Å². The zero-order chi connectivity index (χ0) is 31.9. The second kappa shape index (κ2) is 13.2. The summed E-state index contributed by atoms with van der Waals surface area (Å²) in [5.74, 6) is 0.403. The minimum atomic E-state index is -4.25. The van der Waals surface area contributed by atoms with E-state index < -0.39 is 15.2 Å². The van der Waals surface area contributed by atoms with Crippen LogP contribution in [0.25, 0.3) is 0 Å². The zero-order valence-corrected chi connectivity index (χ0v) is 29.8. The topological polar surface area (TPSA) is 156 Å². The predicted molar refractivity (Wildman–Crippen MR) is 168 cm³/mol. The van der Waals surface area contributed by atoms with Gasteiger partial charge < -0.3 is 29.8 Å². The van der Waals surface area contributed by atoms with E-state index in [2.05, 4.69) is 0 Å². The Morgan fingerprint density at radius 2 is 0.659 bits per heavy atom. The molecule has 0 radical (unpaired) electrons. The molecule has 0 spiro atoms. The van der Waals surface area contributed by atoms with Gasteiger partial charge in [0, 0.05) is 0 Å². The van der Waals surface area contributed by atoms with Gasteiger partial charge in [-0.2, -0.15) is 35.4 Å². The van der Waals surface area contributed by atoms with Crippen LogP contribution in [-0.2, 0) is 30.8 Å². The van der Waals surface area contributed by atoms with Crippen LogP contribution in [0, 0.1) is 12.3 Å². The van der Waals surface area contributed by atoms with Crippen LogP contribution >= 0.6 is 15.2 Å². The molecule has 0 heterocycles. The number of phenols is 2. The molecule has 0 aliphatic heterocycles. The van der Waals surface area contributed by atoms with Gasteiger partial charge in [0.1, 0.15) is 0 Å². The summed E-state index contributed by atoms with van der Waals surface area (Å²) in [6.45, 7) is 23.4. The van der Waals surface area contributed by atoms with Crippen molar-refractivity contribution in [3.63, 3.8) is 0 Å². The van der Waals surface area contributed by atoms with Crippen molar-refractivity contribution >= 4 is 38.2 Å². The molecule has 228 valence electrons. The SMILES string of the molecule is CC(C)(C)c1cc([CH-]P(=O)(O)O)cc(C(C)(C)C)c1O.CC(C)(C)c1cc([CH-]P(=O)(O)O)cc(C(C)(C)C)c1O.[Mg+2]. The van der Waals surface area contributed by atoms with E-state index in [9.17, 15) is 19.3 Å². The van der Waals surface area contributed by atoms with Crippen LogP contribution in [0.2, 0.25) is 0 Å². The number of hydrogen-bond acceptors (Lipinski definition) is 4. The third-order valence-corrected chi connectivity index (χ3v) is 7.40. The van der Waals surface area contributed by atoms with E-state index in [1.165, 1.54) is 0 Å². The molecule has 0 bridgehead atoms. The van der Waals surface area contributed by atoms with Gasteiger partial charge in [0.25, 0.3) is 15.2 Å². The fourth-order valence-electron chi connectivity index (χ4n) is 4.14. The van der Waals surface area contributed by atoms with Gasteiger partial charge in [-0.25, -0.2) is 0 Å². The number of rotatable bonds is 4. The quantitative estimate of drug-likeness (QED) is 0.121. The number of aromatic hydroxyl groups is 2. The Balaban J connectivity index is 0.000000762. The Morgan fingerprint density at radius 1 is 0.488 bits per heavy atom. The average molecular weight is 623 g/mol. The van der Waals surface area contributed by atoms with Crippen LogP contribution in [0.5, 0.6) is 11.5 Å². The molecule has 0 aliphatic carbocycles. The van der Waals surface area contributed by atoms with E-state index in [-0.39, 0.29) is 56.2 Å². The summed E-state index contributed by atoms with van der Waals surface area (Å²) in [5, 5.41) is 20.9. The summed E-state index contributed by atoms with van der Waals surface area (Å²) in [6.07, 6.45) is 1.88. The molecule has 2 rings (SSSR count). The average Bonchev–Trinajstić information content (AvgIpc) is 2.65. The Morgan fingerprint density at radius 3 is 0.780 bits per heavy atom. The molecule has 0 saturated carbocycles. The second-order valence-electron chi connectivity index (χ2n) is 14.4. The Kier molecular flexibility index (Phi) is 12.9. The summed E-state index contributed by atoms with van der Waals surface area (Å²) in [5.41, 5.74) is 2.35. The molecule has 8 nitrogen and oxygen atoms in total. The normalized spacial score (nSPS) is 13.1. The maximum atomic E-state index is 11.2. The largest absolute Gasteiger partial charge is 2.00 e. The zero-order valence-electron chi connectivity index (χ0n) is 26.6. The first-order chi connectivity index (χ1) is 17.4. The maximum Gasteiger partial charge on any atom is 2.00 e. The van der Waals surface area contributed by atoms with Gasteiger partial charge in [-0.3, -0.25) is 9.13 Å². The molecule has 0 aliphatic rings. The molecule has 6 N–H and O–H groups in total. The van der Waals surface area contributed by atoms with E-state index in [1.54, 1.807) is 24.3 Å². The van der Waals surface area contributed by atoms with Crippen molar-refractivity contribution < 1.29 is 38.9 Å². The maximum absolute atomic E-state index is 11.2. The molecule has 0 amide bonds. The first-order valence-corrected chi connectivity index (χ1v) is 16.4. The minimum Gasteiger partial charge on any atom is -0.510 e. The van der Waals surface area contributed by atoms with Gasteiger partial charge in [-0.15, -0.1) is 0 Å². The monoisotopic (exact) mass is 622 g/mol. The Hall–Kier alpha value is -1.15. The number of hydrogen-bond donors (Lipinski definition) is 6. The second-order valence-corrected chi connectivity index (χ2v) is 17.2. The Labute approximate surface area is 262 Å². The fourth-order valence-corrected chi connectivity index (χ4v) is 5.21. The van der Waals surface area contributed by atoms with Crippen LogP contribution in [-0.4, -0.2) is 52.8 Å². The third kappa shape index (κ3) is 12.5. The molecule has 0 atom stereocenters. The molecule has 0 unspecified atom stereocenters. The Bertz CT molecular complexity index is 1130. The first kappa shape index (κ1) is 39.8. The molecule has 2 aromatic carbocycles. The number of benzene rings is 2. The molecule has 2 aromatic rings. The van der Waals surface area contributed by atoms with Gasteiger partial charge in [-0.1, -0.05) is 118 Å². The molecule has 0 fully saturated rings. The van der Waals surface area contributed by atoms with Crippen molar-refractivity contribution in [3.05, 3.63) is 70.0 Å². The van der Waals surface area contributed by atoms with Crippen molar-refractivity contribution in [3.8, 4) is 11.5 Å². The molecule has 0 aromatic heterocycles. The van der Waals surface area contributed by atoms with E-state index in [0.717, 1.165) is 12.3 Å². The number of phenolic OH excluding ortho intramolecular Hbond substituents is 2. The van der Waals surface area contributed by atoms with Gasteiger partial charge in [-0.05, 0) is 21.7 Å². The van der Waals surface area contributed by atoms with Crippen LogP contribution < -0.4 is 0 Å². The van der Waals surface area contributed by atoms with E-state index in [4.69, 9.17) is 19.6 Å². The predicted octanol–water partition coefficient (Wildman–Crippen LogP) is 6.97. The van der Waals surface area contributed by atoms with Crippen LogP contribution in [0.3, 0.4) is 0 Å². The van der Waals surface area contributed by atoms with Crippen molar-refractivity contribution in [2.24, 2.45) is 0 Å². The summed E-state index contributed by atoms with van der Waals surface area (Å²) in [7, 11) is -8.51. The van der Waals surface area contributed by atoms with Crippen molar-refractivity contribution in [2.45, 2.75) is 105 Å². The summed E-state index contributed by atoms with van der Waals surface area (Å²) < 4.78 is 22.4. The summed E-state index contributed by atoms with van der Waals surface area (Å²) in [4.78, 5) is 36.5. The van der Waals surface area contributed by atoms with Gasteiger partial charge in [0.15, 0.2) is 0 Å². The van der Waals surface area contributed by atoms with Crippen molar-refractivity contribution in [1.82, 2.24) is 0 Å². The molecule has 11 heteroatoms. The first-order valence-electron chi connectivity index (χ1n) is 13.0. The van der Waals surface area contributed by atoms with Gasteiger partial charge in [0.05, 0.1) is 11.5 Å². The van der Waals surface area contributed by atoms with Crippen LogP contribution in [0.1, 0.15) is 116 Å². The molecular weight excluding hydrogens is 575 g/mol. The minimum absolute atomic E-state index is 0.